The number of nitrogens with zero attached hydrogens (tertiary/aromatic N) is 5. The maximum absolute atomic E-state index is 12.5. The van der Waals surface area contributed by atoms with Crippen molar-refractivity contribution >= 4 is 28.8 Å². The van der Waals surface area contributed by atoms with Crippen LogP contribution < -0.4 is 5.32 Å². The number of pyridine rings is 1. The molecule has 142 valence electrons. The van der Waals surface area contributed by atoms with E-state index in [4.69, 9.17) is 0 Å². The van der Waals surface area contributed by atoms with Crippen LogP contribution in [0.3, 0.4) is 0 Å². The molecule has 0 atom stereocenters. The Morgan fingerprint density at radius 1 is 1.14 bits per heavy atom. The summed E-state index contributed by atoms with van der Waals surface area (Å²) in [5.41, 5.74) is 4.07. The van der Waals surface area contributed by atoms with Crippen molar-refractivity contribution in [1.29, 1.82) is 0 Å². The average Bonchev–Trinajstić information content (AvgIpc) is 3.29. The lowest BCUT2D eigenvalue weighted by molar-refractivity contribution is 0.0950. The lowest BCUT2D eigenvalue weighted by atomic mass is 10.2. The summed E-state index contributed by atoms with van der Waals surface area (Å²) in [5, 5.41) is 3.83. The van der Waals surface area contributed by atoms with Gasteiger partial charge in [0.15, 0.2) is 10.8 Å². The van der Waals surface area contributed by atoms with Crippen LogP contribution in [-0.2, 0) is 20.1 Å². The molecule has 0 fully saturated rings. The van der Waals surface area contributed by atoms with Crippen molar-refractivity contribution < 1.29 is 4.79 Å². The fourth-order valence-corrected chi connectivity index (χ4v) is 3.57. The number of benzene rings is 1. The van der Waals surface area contributed by atoms with Gasteiger partial charge < -0.3 is 14.5 Å². The Labute approximate surface area is 166 Å². The highest BCUT2D eigenvalue weighted by atomic mass is 32.2. The van der Waals surface area contributed by atoms with E-state index in [1.165, 1.54) is 5.56 Å². The van der Waals surface area contributed by atoms with Gasteiger partial charge in [-0.2, -0.15) is 0 Å². The predicted octanol–water partition coefficient (Wildman–Crippen LogP) is 2.87. The quantitative estimate of drug-likeness (QED) is 0.511. The number of nitrogens with one attached hydrogen (secondary N) is 1. The molecule has 28 heavy (non-hydrogen) atoms. The average molecular weight is 392 g/mol. The maximum atomic E-state index is 12.5. The largest absolute Gasteiger partial charge is 0.346 e. The van der Waals surface area contributed by atoms with Crippen molar-refractivity contribution in [3.05, 3.63) is 71.9 Å². The molecule has 0 saturated carbocycles. The SMILES string of the molecule is CSc1ncc(CNC(=O)c2cnc3c(c2)ncn3Cc2ccccc2)n1C. The lowest BCUT2D eigenvalue weighted by Gasteiger charge is -2.07. The molecule has 0 unspecified atom stereocenters. The molecular weight excluding hydrogens is 372 g/mol. The zero-order chi connectivity index (χ0) is 19.5. The molecule has 0 aliphatic carbocycles. The first-order chi connectivity index (χ1) is 13.7. The molecule has 8 heteroatoms. The first-order valence-corrected chi connectivity index (χ1v) is 10.1. The molecular formula is C20H20N6OS. The number of amides is 1. The molecule has 0 radical (unpaired) electrons. The van der Waals surface area contributed by atoms with Crippen molar-refractivity contribution in [1.82, 2.24) is 29.4 Å². The second-order valence-corrected chi connectivity index (χ2v) is 7.18. The number of carbonyl (C=O) groups is 1. The van der Waals surface area contributed by atoms with E-state index in [2.05, 4.69) is 32.4 Å². The van der Waals surface area contributed by atoms with Crippen molar-refractivity contribution in [2.24, 2.45) is 7.05 Å². The minimum atomic E-state index is -0.182. The predicted molar refractivity (Wildman–Crippen MR) is 109 cm³/mol. The summed E-state index contributed by atoms with van der Waals surface area (Å²) in [5.74, 6) is -0.182. The monoisotopic (exact) mass is 392 g/mol. The zero-order valence-corrected chi connectivity index (χ0v) is 16.5. The van der Waals surface area contributed by atoms with Gasteiger partial charge in [0.05, 0.1) is 36.9 Å². The molecule has 0 saturated heterocycles. The molecule has 4 aromatic rings. The third-order valence-electron chi connectivity index (χ3n) is 4.57. The molecule has 1 aromatic carbocycles. The van der Waals surface area contributed by atoms with Crippen molar-refractivity contribution in [3.63, 3.8) is 0 Å². The van der Waals surface area contributed by atoms with Crippen LogP contribution in [0.1, 0.15) is 21.6 Å². The molecule has 4 rings (SSSR count). The van der Waals surface area contributed by atoms with Crippen LogP contribution in [0.4, 0.5) is 0 Å². The van der Waals surface area contributed by atoms with E-state index >= 15 is 0 Å². The normalized spacial score (nSPS) is 11.1. The molecule has 0 aliphatic rings. The second-order valence-electron chi connectivity index (χ2n) is 6.40. The molecule has 1 N–H and O–H groups in total. The summed E-state index contributed by atoms with van der Waals surface area (Å²) in [6.45, 7) is 1.09. The smallest absolute Gasteiger partial charge is 0.253 e. The number of imidazole rings is 2. The minimum absolute atomic E-state index is 0.182. The van der Waals surface area contributed by atoms with Gasteiger partial charge in [-0.25, -0.2) is 15.0 Å². The van der Waals surface area contributed by atoms with Gasteiger partial charge >= 0.3 is 0 Å². The third-order valence-corrected chi connectivity index (χ3v) is 5.31. The molecule has 1 amide bonds. The summed E-state index contributed by atoms with van der Waals surface area (Å²) in [6.07, 6.45) is 7.10. The Hall–Kier alpha value is -3.13. The first-order valence-electron chi connectivity index (χ1n) is 8.83. The standard InChI is InChI=1S/C20H20N6OS/c1-25-16(11-23-20(25)28-2)10-22-19(27)15-8-17-18(21-9-15)26(13-24-17)12-14-6-4-3-5-7-14/h3-9,11,13H,10,12H2,1-2H3,(H,22,27). The number of carbonyl (C=O) groups excluding carboxylic acids is 1. The van der Waals surface area contributed by atoms with Crippen molar-refractivity contribution in [2.75, 3.05) is 6.26 Å². The Balaban J connectivity index is 1.48. The molecule has 3 aromatic heterocycles. The number of aromatic nitrogens is 5. The van der Waals surface area contributed by atoms with E-state index < -0.39 is 0 Å². The van der Waals surface area contributed by atoms with E-state index in [-0.39, 0.29) is 5.91 Å². The third kappa shape index (κ3) is 3.63. The Morgan fingerprint density at radius 3 is 2.71 bits per heavy atom. The minimum Gasteiger partial charge on any atom is -0.346 e. The van der Waals surface area contributed by atoms with E-state index in [0.717, 1.165) is 16.5 Å². The topological polar surface area (TPSA) is 77.6 Å². The van der Waals surface area contributed by atoms with E-state index in [9.17, 15) is 4.79 Å². The van der Waals surface area contributed by atoms with E-state index in [1.54, 1.807) is 36.5 Å². The van der Waals surface area contributed by atoms with Crippen LogP contribution in [-0.4, -0.2) is 36.2 Å². The molecule has 0 aliphatic heterocycles. The Kier molecular flexibility index (Phi) is 5.12. The summed E-state index contributed by atoms with van der Waals surface area (Å²) in [7, 11) is 1.94. The number of hydrogen-bond donors (Lipinski definition) is 1. The highest BCUT2D eigenvalue weighted by molar-refractivity contribution is 7.98. The fourth-order valence-electron chi connectivity index (χ4n) is 3.02. The number of fused-ring (bicyclic) bond motifs is 1. The summed E-state index contributed by atoms with van der Waals surface area (Å²) >= 11 is 1.57. The van der Waals surface area contributed by atoms with Gasteiger partial charge in [0, 0.05) is 13.2 Å². The number of rotatable bonds is 6. The Bertz CT molecular complexity index is 1120. The van der Waals surface area contributed by atoms with Crippen molar-refractivity contribution in [2.45, 2.75) is 18.2 Å². The van der Waals surface area contributed by atoms with E-state index in [0.29, 0.717) is 24.2 Å². The van der Waals surface area contributed by atoms with E-state index in [1.807, 2.05) is 40.6 Å². The maximum Gasteiger partial charge on any atom is 0.253 e. The molecule has 3 heterocycles. The van der Waals surface area contributed by atoms with Gasteiger partial charge in [0.1, 0.15) is 5.52 Å². The van der Waals surface area contributed by atoms with Gasteiger partial charge in [-0.15, -0.1) is 0 Å². The lowest BCUT2D eigenvalue weighted by Crippen LogP contribution is -2.24. The molecule has 0 bridgehead atoms. The zero-order valence-electron chi connectivity index (χ0n) is 15.7. The summed E-state index contributed by atoms with van der Waals surface area (Å²) in [4.78, 5) is 25.7. The molecule has 7 nitrogen and oxygen atoms in total. The Morgan fingerprint density at radius 2 is 1.96 bits per heavy atom. The summed E-state index contributed by atoms with van der Waals surface area (Å²) < 4.78 is 3.95. The summed E-state index contributed by atoms with van der Waals surface area (Å²) in [6, 6.07) is 11.9. The van der Waals surface area contributed by atoms with Crippen LogP contribution in [0, 0.1) is 0 Å². The highest BCUT2D eigenvalue weighted by Gasteiger charge is 2.12. The van der Waals surface area contributed by atoms with Gasteiger partial charge in [0.25, 0.3) is 5.91 Å². The van der Waals surface area contributed by atoms with Gasteiger partial charge in [-0.3, -0.25) is 4.79 Å². The number of hydrogen-bond acceptors (Lipinski definition) is 5. The van der Waals surface area contributed by atoms with Crippen LogP contribution in [0.25, 0.3) is 11.2 Å². The highest BCUT2D eigenvalue weighted by Crippen LogP contribution is 2.15. The molecule has 0 spiro atoms. The van der Waals surface area contributed by atoms with Crippen molar-refractivity contribution in [3.8, 4) is 0 Å². The fraction of sp³-hybridized carbons (Fsp3) is 0.200. The number of thioether (sulfide) groups is 1. The van der Waals surface area contributed by atoms with Gasteiger partial charge in [-0.1, -0.05) is 42.1 Å². The van der Waals surface area contributed by atoms with Crippen LogP contribution in [0.2, 0.25) is 0 Å². The van der Waals surface area contributed by atoms with Gasteiger partial charge in [0.2, 0.25) is 0 Å². The second kappa shape index (κ2) is 7.85. The van der Waals surface area contributed by atoms with Gasteiger partial charge in [-0.05, 0) is 17.9 Å². The van der Waals surface area contributed by atoms with Crippen LogP contribution in [0.15, 0.2) is 60.3 Å². The van der Waals surface area contributed by atoms with Crippen LogP contribution >= 0.6 is 11.8 Å². The first kappa shape index (κ1) is 18.2. The van der Waals surface area contributed by atoms with Crippen LogP contribution in [0.5, 0.6) is 0 Å².